The molecule has 1 aromatic carbocycles. The van der Waals surface area contributed by atoms with Gasteiger partial charge >= 0.3 is 0 Å². The lowest BCUT2D eigenvalue weighted by atomic mass is 10.3. The van der Waals surface area contributed by atoms with Crippen LogP contribution in [0, 0.1) is 22.5 Å². The zero-order chi connectivity index (χ0) is 13.9. The van der Waals surface area contributed by atoms with Gasteiger partial charge in [0.1, 0.15) is 5.02 Å². The van der Waals surface area contributed by atoms with Crippen LogP contribution in [0.5, 0.6) is 0 Å². The maximum atomic E-state index is 12.0. The molecular formula is C10H9ClN2O4S. The van der Waals surface area contributed by atoms with Crippen molar-refractivity contribution in [3.8, 4) is 12.3 Å². The second-order valence-corrected chi connectivity index (χ2v) is 5.79. The first-order chi connectivity index (χ1) is 8.30. The molecule has 0 amide bonds. The first-order valence-electron chi connectivity index (χ1n) is 4.64. The van der Waals surface area contributed by atoms with Crippen LogP contribution in [0.2, 0.25) is 5.02 Å². The molecule has 18 heavy (non-hydrogen) atoms. The monoisotopic (exact) mass is 288 g/mol. The van der Waals surface area contributed by atoms with E-state index >= 15 is 0 Å². The van der Waals surface area contributed by atoms with Crippen LogP contribution >= 0.6 is 11.6 Å². The van der Waals surface area contributed by atoms with Crippen molar-refractivity contribution < 1.29 is 13.3 Å². The maximum Gasteiger partial charge on any atom is 0.289 e. The van der Waals surface area contributed by atoms with Gasteiger partial charge in [-0.3, -0.25) is 10.1 Å². The fourth-order valence-electron chi connectivity index (χ4n) is 1.19. The number of nitro benzene ring substituents is 1. The van der Waals surface area contributed by atoms with E-state index in [1.165, 1.54) is 13.1 Å². The SMILES string of the molecule is C#CCN(C)S(=O)(=O)c1ccc(Cl)c([N+](=O)[O-])c1. The lowest BCUT2D eigenvalue weighted by Gasteiger charge is -2.14. The first kappa shape index (κ1) is 14.4. The molecule has 6 nitrogen and oxygen atoms in total. The Morgan fingerprint density at radius 3 is 2.67 bits per heavy atom. The molecule has 0 aliphatic rings. The van der Waals surface area contributed by atoms with Gasteiger partial charge < -0.3 is 0 Å². The van der Waals surface area contributed by atoms with Crippen LogP contribution in [-0.4, -0.2) is 31.2 Å². The van der Waals surface area contributed by atoms with Crippen LogP contribution in [0.1, 0.15) is 0 Å². The minimum absolute atomic E-state index is 0.126. The molecule has 0 spiro atoms. The third kappa shape index (κ3) is 2.79. The average molecular weight is 289 g/mol. The second-order valence-electron chi connectivity index (χ2n) is 3.34. The summed E-state index contributed by atoms with van der Waals surface area (Å²) in [5.41, 5.74) is -0.466. The molecule has 0 bridgehead atoms. The summed E-state index contributed by atoms with van der Waals surface area (Å²) in [5.74, 6) is 2.18. The molecule has 1 rings (SSSR count). The number of sulfonamides is 1. The van der Waals surface area contributed by atoms with E-state index in [0.29, 0.717) is 0 Å². The van der Waals surface area contributed by atoms with Gasteiger partial charge in [0.05, 0.1) is 16.4 Å². The Labute approximate surface area is 109 Å². The number of nitrogens with zero attached hydrogens (tertiary/aromatic N) is 2. The van der Waals surface area contributed by atoms with Crippen LogP contribution in [-0.2, 0) is 10.0 Å². The van der Waals surface area contributed by atoms with Crippen LogP contribution in [0.15, 0.2) is 23.1 Å². The highest BCUT2D eigenvalue weighted by atomic mass is 35.5. The zero-order valence-corrected chi connectivity index (χ0v) is 10.9. The normalized spacial score (nSPS) is 11.2. The molecular weight excluding hydrogens is 280 g/mol. The Hall–Kier alpha value is -1.62. The molecule has 0 N–H and O–H groups in total. The molecule has 0 radical (unpaired) electrons. The predicted molar refractivity (Wildman–Crippen MR) is 66.8 cm³/mol. The van der Waals surface area contributed by atoms with Gasteiger partial charge in [-0.15, -0.1) is 6.42 Å². The van der Waals surface area contributed by atoms with Crippen molar-refractivity contribution in [2.24, 2.45) is 0 Å². The van der Waals surface area contributed by atoms with Crippen LogP contribution in [0.25, 0.3) is 0 Å². The fraction of sp³-hybridized carbons (Fsp3) is 0.200. The quantitative estimate of drug-likeness (QED) is 0.478. The Morgan fingerprint density at radius 1 is 1.56 bits per heavy atom. The van der Waals surface area contributed by atoms with Crippen molar-refractivity contribution in [3.05, 3.63) is 33.3 Å². The number of benzene rings is 1. The largest absolute Gasteiger partial charge is 0.289 e. The summed E-state index contributed by atoms with van der Waals surface area (Å²) in [7, 11) is -2.56. The smallest absolute Gasteiger partial charge is 0.258 e. The molecule has 96 valence electrons. The number of halogens is 1. The summed E-state index contributed by atoms with van der Waals surface area (Å²) in [6, 6.07) is 3.26. The minimum atomic E-state index is -3.85. The molecule has 0 unspecified atom stereocenters. The lowest BCUT2D eigenvalue weighted by Crippen LogP contribution is -2.27. The van der Waals surface area contributed by atoms with Crippen LogP contribution in [0.4, 0.5) is 5.69 Å². The minimum Gasteiger partial charge on any atom is -0.258 e. The highest BCUT2D eigenvalue weighted by Crippen LogP contribution is 2.28. The molecule has 0 saturated heterocycles. The molecule has 8 heteroatoms. The Kier molecular flexibility index (Phi) is 4.29. The third-order valence-electron chi connectivity index (χ3n) is 2.14. The predicted octanol–water partition coefficient (Wildman–Crippen LogP) is 1.50. The van der Waals surface area contributed by atoms with Gasteiger partial charge in [0.15, 0.2) is 0 Å². The van der Waals surface area contributed by atoms with Crippen molar-refractivity contribution in [2.45, 2.75) is 4.90 Å². The summed E-state index contributed by atoms with van der Waals surface area (Å²) in [5, 5.41) is 10.6. The molecule has 0 fully saturated rings. The van der Waals surface area contributed by atoms with E-state index in [1.807, 2.05) is 0 Å². The Bertz CT molecular complexity index is 621. The topological polar surface area (TPSA) is 80.5 Å². The van der Waals surface area contributed by atoms with Crippen molar-refractivity contribution in [1.82, 2.24) is 4.31 Å². The van der Waals surface area contributed by atoms with Crippen LogP contribution in [0.3, 0.4) is 0 Å². The average Bonchev–Trinajstić information content (AvgIpc) is 2.29. The van der Waals surface area contributed by atoms with Gasteiger partial charge in [0.25, 0.3) is 5.69 Å². The van der Waals surface area contributed by atoms with E-state index in [0.717, 1.165) is 16.4 Å². The van der Waals surface area contributed by atoms with Crippen molar-refractivity contribution in [2.75, 3.05) is 13.6 Å². The first-order valence-corrected chi connectivity index (χ1v) is 6.46. The standard InChI is InChI=1S/C10H9ClN2O4S/c1-3-6-12(2)18(16,17)8-4-5-9(11)10(7-8)13(14)15/h1,4-5,7H,6H2,2H3. The number of terminal acetylenes is 1. The number of hydrogen-bond donors (Lipinski definition) is 0. The van der Waals surface area contributed by atoms with Gasteiger partial charge in [-0.25, -0.2) is 8.42 Å². The summed E-state index contributed by atoms with van der Waals surface area (Å²) < 4.78 is 24.9. The molecule has 0 aliphatic carbocycles. The second kappa shape index (κ2) is 5.35. The van der Waals surface area contributed by atoms with Crippen molar-refractivity contribution >= 4 is 27.3 Å². The van der Waals surface area contributed by atoms with E-state index in [9.17, 15) is 18.5 Å². The van der Waals surface area contributed by atoms with Gasteiger partial charge in [-0.05, 0) is 12.1 Å². The number of hydrogen-bond acceptors (Lipinski definition) is 4. The van der Waals surface area contributed by atoms with E-state index in [-0.39, 0.29) is 16.5 Å². The zero-order valence-electron chi connectivity index (χ0n) is 9.33. The number of rotatable bonds is 4. The summed E-state index contributed by atoms with van der Waals surface area (Å²) in [4.78, 5) is 9.70. The van der Waals surface area contributed by atoms with E-state index in [2.05, 4.69) is 5.92 Å². The van der Waals surface area contributed by atoms with E-state index in [4.69, 9.17) is 18.0 Å². The third-order valence-corrected chi connectivity index (χ3v) is 4.26. The molecule has 0 aliphatic heterocycles. The highest BCUT2D eigenvalue weighted by molar-refractivity contribution is 7.89. The van der Waals surface area contributed by atoms with Gasteiger partial charge in [0, 0.05) is 13.1 Å². The number of nitro groups is 1. The molecule has 0 aromatic heterocycles. The van der Waals surface area contributed by atoms with Crippen LogP contribution < -0.4 is 0 Å². The molecule has 0 atom stereocenters. The summed E-state index contributed by atoms with van der Waals surface area (Å²) >= 11 is 5.60. The van der Waals surface area contributed by atoms with Crippen molar-refractivity contribution in [3.63, 3.8) is 0 Å². The van der Waals surface area contributed by atoms with E-state index in [1.54, 1.807) is 0 Å². The van der Waals surface area contributed by atoms with Crippen molar-refractivity contribution in [1.29, 1.82) is 0 Å². The lowest BCUT2D eigenvalue weighted by molar-refractivity contribution is -0.384. The Balaban J connectivity index is 3.31. The van der Waals surface area contributed by atoms with Gasteiger partial charge in [-0.2, -0.15) is 4.31 Å². The molecule has 1 aromatic rings. The maximum absolute atomic E-state index is 12.0. The van der Waals surface area contributed by atoms with E-state index < -0.39 is 20.6 Å². The molecule has 0 heterocycles. The summed E-state index contributed by atoms with van der Waals surface area (Å²) in [6.07, 6.45) is 5.02. The fourth-order valence-corrected chi connectivity index (χ4v) is 2.48. The Morgan fingerprint density at radius 2 is 2.17 bits per heavy atom. The molecule has 0 saturated carbocycles. The highest BCUT2D eigenvalue weighted by Gasteiger charge is 2.24. The summed E-state index contributed by atoms with van der Waals surface area (Å²) in [6.45, 7) is -0.126. The van der Waals surface area contributed by atoms with Gasteiger partial charge in [0.2, 0.25) is 10.0 Å². The van der Waals surface area contributed by atoms with Gasteiger partial charge in [-0.1, -0.05) is 17.5 Å².